The average molecular weight is 516 g/mol. The fraction of sp³-hybridized carbons (Fsp3) is 0.259. The number of benzene rings is 2. The number of nitrogen functional groups attached to an aromatic ring is 1. The van der Waals surface area contributed by atoms with Crippen LogP contribution in [-0.2, 0) is 11.8 Å². The Balaban J connectivity index is 1.41. The van der Waals surface area contributed by atoms with E-state index in [4.69, 9.17) is 5.73 Å². The summed E-state index contributed by atoms with van der Waals surface area (Å²) in [5.74, 6) is -0.0703. The number of carbonyl (C=O) groups is 1. The van der Waals surface area contributed by atoms with Crippen LogP contribution in [0.4, 0.5) is 10.2 Å². The van der Waals surface area contributed by atoms with Crippen LogP contribution in [-0.4, -0.2) is 47.8 Å². The number of rotatable bonds is 3. The number of carbonyl (C=O) groups excluding carboxylic acids is 1. The molecule has 2 aromatic carbocycles. The first-order valence-corrected chi connectivity index (χ1v) is 12.9. The first-order chi connectivity index (χ1) is 17.7. The van der Waals surface area contributed by atoms with Crippen molar-refractivity contribution in [1.29, 1.82) is 0 Å². The predicted octanol–water partition coefficient (Wildman–Crippen LogP) is 4.80. The van der Waals surface area contributed by atoms with E-state index in [9.17, 15) is 4.79 Å². The molecule has 37 heavy (non-hydrogen) atoms. The summed E-state index contributed by atoms with van der Waals surface area (Å²) < 4.78 is 18.7. The molecule has 0 unspecified atom stereocenters. The van der Waals surface area contributed by atoms with E-state index < -0.39 is 11.7 Å². The van der Waals surface area contributed by atoms with E-state index in [0.717, 1.165) is 22.4 Å². The van der Waals surface area contributed by atoms with Gasteiger partial charge in [-0.2, -0.15) is 5.10 Å². The first kappa shape index (κ1) is 23.5. The number of fused-ring (bicyclic) bond motifs is 4. The van der Waals surface area contributed by atoms with E-state index in [1.54, 1.807) is 46.8 Å². The number of nitrogens with two attached hydrogens (primary N) is 1. The Morgan fingerprint density at radius 1 is 1.22 bits per heavy atom. The third-order valence-corrected chi connectivity index (χ3v) is 8.69. The van der Waals surface area contributed by atoms with Crippen molar-refractivity contribution in [3.8, 4) is 11.3 Å². The SMILES string of the molecule is CN(C(=O)c1cc2c(cc1F)nc(N)c1cncn12)[C@@H]1CSC(C)(C)c2cc(-c3ccnn3C)ccc21. The van der Waals surface area contributed by atoms with Crippen molar-refractivity contribution in [3.63, 3.8) is 0 Å². The summed E-state index contributed by atoms with van der Waals surface area (Å²) in [6, 6.07) is 10.9. The quantitative estimate of drug-likeness (QED) is 0.371. The molecular formula is C27H26FN7OS. The lowest BCUT2D eigenvalue weighted by Gasteiger charge is -2.40. The van der Waals surface area contributed by atoms with Gasteiger partial charge in [-0.1, -0.05) is 12.1 Å². The highest BCUT2D eigenvalue weighted by Gasteiger charge is 2.37. The van der Waals surface area contributed by atoms with Crippen molar-refractivity contribution in [2.75, 3.05) is 18.5 Å². The fourth-order valence-electron chi connectivity index (χ4n) is 5.15. The molecule has 3 aromatic heterocycles. The van der Waals surface area contributed by atoms with Crippen molar-refractivity contribution in [1.82, 2.24) is 29.0 Å². The normalized spacial score (nSPS) is 16.7. The summed E-state index contributed by atoms with van der Waals surface area (Å²) in [6.07, 6.45) is 4.96. The number of nitrogens with zero attached hydrogens (tertiary/aromatic N) is 6. The van der Waals surface area contributed by atoms with Gasteiger partial charge in [-0.15, -0.1) is 11.8 Å². The van der Waals surface area contributed by atoms with Crippen LogP contribution in [0.25, 0.3) is 27.8 Å². The molecule has 5 aromatic rings. The minimum Gasteiger partial charge on any atom is -0.382 e. The van der Waals surface area contributed by atoms with Crippen LogP contribution in [0.1, 0.15) is 41.4 Å². The minimum absolute atomic E-state index is 0.0144. The topological polar surface area (TPSA) is 94.3 Å². The maximum Gasteiger partial charge on any atom is 0.257 e. The van der Waals surface area contributed by atoms with Gasteiger partial charge in [0.15, 0.2) is 0 Å². The Bertz CT molecular complexity index is 1710. The van der Waals surface area contributed by atoms with Gasteiger partial charge >= 0.3 is 0 Å². The molecule has 0 fully saturated rings. The van der Waals surface area contributed by atoms with Gasteiger partial charge in [-0.05, 0) is 43.2 Å². The monoisotopic (exact) mass is 515 g/mol. The van der Waals surface area contributed by atoms with Gasteiger partial charge in [0.25, 0.3) is 5.91 Å². The molecule has 1 aliphatic heterocycles. The Kier molecular flexibility index (Phi) is 5.27. The van der Waals surface area contributed by atoms with Crippen molar-refractivity contribution in [2.24, 2.45) is 7.05 Å². The molecule has 2 N–H and O–H groups in total. The molecule has 0 bridgehead atoms. The molecule has 1 amide bonds. The van der Waals surface area contributed by atoms with E-state index in [2.05, 4.69) is 47.1 Å². The molecule has 0 saturated heterocycles. The first-order valence-electron chi connectivity index (χ1n) is 11.9. The average Bonchev–Trinajstić information content (AvgIpc) is 3.53. The summed E-state index contributed by atoms with van der Waals surface area (Å²) in [5, 5.41) is 4.30. The minimum atomic E-state index is -0.633. The lowest BCUT2D eigenvalue weighted by Crippen LogP contribution is -2.37. The third-order valence-electron chi connectivity index (χ3n) is 7.26. The van der Waals surface area contributed by atoms with Crippen LogP contribution in [0.15, 0.2) is 55.1 Å². The van der Waals surface area contributed by atoms with Gasteiger partial charge in [0.2, 0.25) is 0 Å². The predicted molar refractivity (Wildman–Crippen MR) is 144 cm³/mol. The summed E-state index contributed by atoms with van der Waals surface area (Å²) in [6.45, 7) is 4.39. The number of thioether (sulfide) groups is 1. The van der Waals surface area contributed by atoms with Crippen molar-refractivity contribution in [2.45, 2.75) is 24.6 Å². The van der Waals surface area contributed by atoms with Crippen LogP contribution < -0.4 is 5.73 Å². The molecule has 1 aliphatic rings. The fourth-order valence-corrected chi connectivity index (χ4v) is 6.46. The second-order valence-electron chi connectivity index (χ2n) is 9.86. The molecule has 188 valence electrons. The number of halogens is 1. The van der Waals surface area contributed by atoms with Gasteiger partial charge in [0.1, 0.15) is 17.2 Å². The van der Waals surface area contributed by atoms with Gasteiger partial charge < -0.3 is 10.6 Å². The zero-order chi connectivity index (χ0) is 26.1. The summed E-state index contributed by atoms with van der Waals surface area (Å²) >= 11 is 1.79. The molecular weight excluding hydrogens is 489 g/mol. The molecule has 8 nitrogen and oxygen atoms in total. The second kappa shape index (κ2) is 8.31. The zero-order valence-electron chi connectivity index (χ0n) is 20.9. The number of hydrogen-bond acceptors (Lipinski definition) is 6. The molecule has 0 saturated carbocycles. The van der Waals surface area contributed by atoms with Crippen molar-refractivity contribution < 1.29 is 9.18 Å². The molecule has 1 atom stereocenters. The number of anilines is 1. The number of imidazole rings is 1. The molecule has 10 heteroatoms. The van der Waals surface area contributed by atoms with Crippen molar-refractivity contribution >= 4 is 40.0 Å². The standard InChI is InChI=1S/C27H26FN7OS/c1-27(2)18-9-15(21-7-8-31-34(21)4)5-6-16(18)24(13-37-27)33(3)26(36)17-10-22-20(11-19(17)28)32-25(29)23-12-30-14-35(22)23/h5-12,14,24H,13H2,1-4H3,(H2,29,32)/t24-/m1/s1. The summed E-state index contributed by atoms with van der Waals surface area (Å²) in [4.78, 5) is 23.8. The highest BCUT2D eigenvalue weighted by molar-refractivity contribution is 8.00. The maximum atomic E-state index is 15.3. The van der Waals surface area contributed by atoms with Crippen molar-refractivity contribution in [3.05, 3.63) is 77.6 Å². The van der Waals surface area contributed by atoms with Crippen LogP contribution in [0.2, 0.25) is 0 Å². The molecule has 0 spiro atoms. The van der Waals surface area contributed by atoms with E-state index >= 15 is 4.39 Å². The van der Waals surface area contributed by atoms with Crippen LogP contribution in [0.5, 0.6) is 0 Å². The lowest BCUT2D eigenvalue weighted by atomic mass is 9.89. The Morgan fingerprint density at radius 2 is 2.03 bits per heavy atom. The smallest absolute Gasteiger partial charge is 0.257 e. The number of amides is 1. The third kappa shape index (κ3) is 3.66. The van der Waals surface area contributed by atoms with Gasteiger partial charge in [0.05, 0.1) is 40.9 Å². The zero-order valence-corrected chi connectivity index (χ0v) is 21.8. The Labute approximate surface area is 217 Å². The largest absolute Gasteiger partial charge is 0.382 e. The van der Waals surface area contributed by atoms with Gasteiger partial charge in [-0.3, -0.25) is 13.9 Å². The van der Waals surface area contributed by atoms with Crippen LogP contribution in [0, 0.1) is 5.82 Å². The summed E-state index contributed by atoms with van der Waals surface area (Å²) in [7, 11) is 3.66. The number of aryl methyl sites for hydroxylation is 1. The van der Waals surface area contributed by atoms with Crippen LogP contribution in [0.3, 0.4) is 0 Å². The molecule has 6 rings (SSSR count). The van der Waals surface area contributed by atoms with E-state index in [1.807, 2.05) is 17.8 Å². The van der Waals surface area contributed by atoms with E-state index in [0.29, 0.717) is 22.3 Å². The molecule has 0 radical (unpaired) electrons. The van der Waals surface area contributed by atoms with Gasteiger partial charge in [-0.25, -0.2) is 14.4 Å². The van der Waals surface area contributed by atoms with E-state index in [1.165, 1.54) is 12.1 Å². The molecule has 0 aliphatic carbocycles. The number of hydrogen-bond donors (Lipinski definition) is 1. The number of aromatic nitrogens is 5. The highest BCUT2D eigenvalue weighted by Crippen LogP contribution is 2.48. The maximum absolute atomic E-state index is 15.3. The highest BCUT2D eigenvalue weighted by atomic mass is 32.2. The second-order valence-corrected chi connectivity index (χ2v) is 11.5. The van der Waals surface area contributed by atoms with Gasteiger partial charge in [0, 0.05) is 42.4 Å². The summed E-state index contributed by atoms with van der Waals surface area (Å²) in [5.41, 5.74) is 11.8. The lowest BCUT2D eigenvalue weighted by molar-refractivity contribution is 0.0738. The molecule has 4 heterocycles. The Morgan fingerprint density at radius 3 is 2.78 bits per heavy atom. The Hall–Kier alpha value is -3.92. The van der Waals surface area contributed by atoms with E-state index in [-0.39, 0.29) is 22.2 Å². The van der Waals surface area contributed by atoms with Crippen LogP contribution >= 0.6 is 11.8 Å².